The van der Waals surface area contributed by atoms with Crippen molar-refractivity contribution in [2.75, 3.05) is 0 Å². The van der Waals surface area contributed by atoms with Crippen molar-refractivity contribution in [1.29, 1.82) is 0 Å². The van der Waals surface area contributed by atoms with Gasteiger partial charge in [0.1, 0.15) is 0 Å². The van der Waals surface area contributed by atoms with E-state index < -0.39 is 0 Å². The van der Waals surface area contributed by atoms with Crippen LogP contribution in [0.5, 0.6) is 0 Å². The summed E-state index contributed by atoms with van der Waals surface area (Å²) >= 11 is 1.36. The molecule has 1 aliphatic rings. The summed E-state index contributed by atoms with van der Waals surface area (Å²) in [6.45, 7) is 3.06. The van der Waals surface area contributed by atoms with Crippen LogP contribution in [-0.4, -0.2) is 6.88 Å². The Balaban J connectivity index is 0.000000444. The number of rotatable bonds is 0. The molecule has 0 heterocycles. The first-order valence-electron chi connectivity index (χ1n) is 10.3. The summed E-state index contributed by atoms with van der Waals surface area (Å²) in [5, 5.41) is 5.39. The molecule has 2 radical (unpaired) electrons. The maximum absolute atomic E-state index is 3.06. The minimum absolute atomic E-state index is 0. The summed E-state index contributed by atoms with van der Waals surface area (Å²) < 4.78 is 0. The summed E-state index contributed by atoms with van der Waals surface area (Å²) in [5.74, 6) is 0. The van der Waals surface area contributed by atoms with Crippen LogP contribution in [0.25, 0.3) is 21.5 Å². The molecule has 0 saturated heterocycles. The Bertz CT molecular complexity index is 1040. The van der Waals surface area contributed by atoms with E-state index in [-0.39, 0.29) is 24.8 Å². The second-order valence-electron chi connectivity index (χ2n) is 6.48. The van der Waals surface area contributed by atoms with E-state index >= 15 is 0 Å². The third kappa shape index (κ3) is 12.4. The van der Waals surface area contributed by atoms with Crippen LogP contribution in [0.4, 0.5) is 0 Å². The van der Waals surface area contributed by atoms with Gasteiger partial charge in [-0.15, -0.1) is 71.0 Å². The molecule has 0 unspecified atom stereocenters. The first kappa shape index (κ1) is 31.9. The molecule has 0 saturated carbocycles. The number of fused-ring (bicyclic) bond motifs is 3. The second kappa shape index (κ2) is 21.4. The molecule has 0 atom stereocenters. The number of benzene rings is 4. The van der Waals surface area contributed by atoms with Gasteiger partial charge in [-0.05, 0) is 0 Å². The van der Waals surface area contributed by atoms with Gasteiger partial charge in [-0.3, -0.25) is 6.08 Å². The van der Waals surface area contributed by atoms with E-state index in [1.165, 1.54) is 44.9 Å². The minimum atomic E-state index is 0. The van der Waals surface area contributed by atoms with Crippen LogP contribution in [0.3, 0.4) is 0 Å². The Kier molecular flexibility index (Phi) is 20.1. The monoisotopic (exact) mass is 574 g/mol. The van der Waals surface area contributed by atoms with Gasteiger partial charge in [-0.25, -0.2) is 12.2 Å². The zero-order valence-electron chi connectivity index (χ0n) is 18.7. The van der Waals surface area contributed by atoms with E-state index in [0.717, 1.165) is 6.42 Å². The Morgan fingerprint density at radius 1 is 0.618 bits per heavy atom. The molecule has 172 valence electrons. The van der Waals surface area contributed by atoms with Crippen molar-refractivity contribution in [3.63, 3.8) is 0 Å². The number of hydrogen-bond acceptors (Lipinski definition) is 0. The zero-order chi connectivity index (χ0) is 22.7. The fraction of sp³-hybridized carbons (Fsp3) is 0.0333. The predicted molar refractivity (Wildman–Crippen MR) is 149 cm³/mol. The molecule has 0 nitrogen and oxygen atoms in total. The minimum Gasteiger partial charge on any atom is -0.184 e. The van der Waals surface area contributed by atoms with Gasteiger partial charge < -0.3 is 0 Å². The summed E-state index contributed by atoms with van der Waals surface area (Å²) in [4.78, 5) is 0. The molecule has 0 amide bonds. The third-order valence-electron chi connectivity index (χ3n) is 4.32. The Hall–Kier alpha value is -2.09. The Morgan fingerprint density at radius 3 is 1.32 bits per heavy atom. The molecule has 0 aliphatic heterocycles. The van der Waals surface area contributed by atoms with Crippen molar-refractivity contribution in [3.05, 3.63) is 152 Å². The third-order valence-corrected chi connectivity index (χ3v) is 4.32. The number of hydrogen-bond donors (Lipinski definition) is 0. The zero-order valence-corrected chi connectivity index (χ0v) is 23.8. The summed E-state index contributed by atoms with van der Waals surface area (Å²) in [6, 6.07) is 44.3. The molecule has 4 heteroatoms. The van der Waals surface area contributed by atoms with Crippen LogP contribution < -0.4 is 0 Å². The molecule has 0 fully saturated rings. The van der Waals surface area contributed by atoms with Crippen molar-refractivity contribution in [1.82, 2.24) is 0 Å². The molecule has 0 N–H and O–H groups in total. The normalized spacial score (nSPS) is 9.74. The molecule has 6 rings (SSSR count). The average molecular weight is 577 g/mol. The predicted octanol–water partition coefficient (Wildman–Crippen LogP) is 8.45. The van der Waals surface area contributed by atoms with Gasteiger partial charge in [0.15, 0.2) is 0 Å². The molecule has 0 spiro atoms. The van der Waals surface area contributed by atoms with Crippen molar-refractivity contribution in [3.8, 4) is 0 Å². The van der Waals surface area contributed by atoms with Crippen LogP contribution in [0.15, 0.2) is 133 Å². The maximum atomic E-state index is 3.06. The van der Waals surface area contributed by atoms with Crippen molar-refractivity contribution >= 4 is 53.2 Å². The summed E-state index contributed by atoms with van der Waals surface area (Å²) in [7, 11) is 0. The summed E-state index contributed by atoms with van der Waals surface area (Å²) in [6.07, 6.45) is 10.0. The molecule has 5 aromatic carbocycles. The largest absolute Gasteiger partial charge is 0.184 e. The fourth-order valence-corrected chi connectivity index (χ4v) is 2.93. The quantitative estimate of drug-likeness (QED) is 0.128. The SMILES string of the molecule is Cl.Cl.[C-]1=CC=CC1.[Si]=[Zr].[c-]1ccccc1.[c-]1ccccc1.c1ccc2c(c1)[cH-]c1ccccc12. The van der Waals surface area contributed by atoms with Gasteiger partial charge in [-0.2, -0.15) is 78.9 Å². The number of allylic oxidation sites excluding steroid dienone is 4. The Morgan fingerprint density at radius 2 is 1.06 bits per heavy atom. The molecule has 0 aromatic heterocycles. The first-order valence-corrected chi connectivity index (χ1v) is 14.5. The van der Waals surface area contributed by atoms with Crippen molar-refractivity contribution in [2.24, 2.45) is 0 Å². The van der Waals surface area contributed by atoms with Crippen LogP contribution in [0, 0.1) is 18.2 Å². The fourth-order valence-electron chi connectivity index (χ4n) is 2.93. The van der Waals surface area contributed by atoms with Gasteiger partial charge in [0.25, 0.3) is 0 Å². The van der Waals surface area contributed by atoms with Crippen molar-refractivity contribution < 1.29 is 23.3 Å². The molecule has 5 aromatic rings. The second-order valence-corrected chi connectivity index (χ2v) is 6.48. The Labute approximate surface area is 233 Å². The van der Waals surface area contributed by atoms with Crippen LogP contribution in [-0.2, 0) is 23.3 Å². The molecule has 34 heavy (non-hydrogen) atoms. The topological polar surface area (TPSA) is 0 Å². The van der Waals surface area contributed by atoms with Gasteiger partial charge in [0.2, 0.25) is 0 Å². The van der Waals surface area contributed by atoms with E-state index in [4.69, 9.17) is 0 Å². The van der Waals surface area contributed by atoms with E-state index in [0.29, 0.717) is 0 Å². The van der Waals surface area contributed by atoms with E-state index in [1.54, 1.807) is 0 Å². The van der Waals surface area contributed by atoms with E-state index in [2.05, 4.69) is 85.8 Å². The first-order chi connectivity index (χ1) is 15.9. The smallest absolute Gasteiger partial charge is 0.0771 e. The van der Waals surface area contributed by atoms with Gasteiger partial charge in [0.05, 0.1) is 0 Å². The average Bonchev–Trinajstić information content (AvgIpc) is 3.60. The van der Waals surface area contributed by atoms with Crippen LogP contribution in [0.2, 0.25) is 0 Å². The maximum Gasteiger partial charge on any atom is -0.0771 e. The van der Waals surface area contributed by atoms with E-state index in [1.807, 2.05) is 72.8 Å². The summed E-state index contributed by atoms with van der Waals surface area (Å²) in [5.41, 5.74) is 0. The van der Waals surface area contributed by atoms with Crippen LogP contribution >= 0.6 is 24.8 Å². The number of halogens is 2. The molecule has 0 bridgehead atoms. The van der Waals surface area contributed by atoms with Crippen molar-refractivity contribution in [2.45, 2.75) is 6.42 Å². The molecule has 1 aliphatic carbocycles. The molecular weight excluding hydrogens is 551 g/mol. The van der Waals surface area contributed by atoms with Gasteiger partial charge in [0, 0.05) is 0 Å². The van der Waals surface area contributed by atoms with Crippen LogP contribution in [0.1, 0.15) is 6.42 Å². The molecular formula is C30H26Cl2SiZr-4. The van der Waals surface area contributed by atoms with E-state index in [9.17, 15) is 0 Å². The standard InChI is InChI=1S/C13H9.2C6H5.C5H5.2ClH.Si.Zr/c1-3-7-12-10(5-1)9-11-6-2-4-8-13(11)12;2*1-2-4-6-5-3-1;1-2-4-5-3-1;;;;/h1-9H;2*1-5H;1-3H,4H2;2*1H;;/q4*-1;;;;. The van der Waals surface area contributed by atoms with Gasteiger partial charge in [-0.1, -0.05) is 36.4 Å². The van der Waals surface area contributed by atoms with Gasteiger partial charge >= 0.3 is 30.2 Å².